The SMILES string of the molecule is CC(CN(C)C(=O)CCOCC(F)F)C(N)=NO. The lowest BCUT2D eigenvalue weighted by atomic mass is 10.1. The highest BCUT2D eigenvalue weighted by Crippen LogP contribution is 2.01. The number of alkyl halides is 2. The first kappa shape index (κ1) is 16.6. The van der Waals surface area contributed by atoms with Crippen molar-refractivity contribution in [3.05, 3.63) is 0 Å². The van der Waals surface area contributed by atoms with Gasteiger partial charge in [0.1, 0.15) is 12.4 Å². The van der Waals surface area contributed by atoms with Gasteiger partial charge in [-0.3, -0.25) is 4.79 Å². The van der Waals surface area contributed by atoms with Crippen LogP contribution in [-0.2, 0) is 9.53 Å². The summed E-state index contributed by atoms with van der Waals surface area (Å²) >= 11 is 0. The van der Waals surface area contributed by atoms with Crippen molar-refractivity contribution in [1.29, 1.82) is 0 Å². The minimum atomic E-state index is -2.53. The summed E-state index contributed by atoms with van der Waals surface area (Å²) < 4.78 is 28.1. The van der Waals surface area contributed by atoms with E-state index >= 15 is 0 Å². The van der Waals surface area contributed by atoms with Gasteiger partial charge in [0.25, 0.3) is 6.43 Å². The van der Waals surface area contributed by atoms with Gasteiger partial charge in [-0.25, -0.2) is 8.78 Å². The Morgan fingerprint density at radius 3 is 2.67 bits per heavy atom. The average molecular weight is 267 g/mol. The first-order chi connectivity index (χ1) is 8.38. The lowest BCUT2D eigenvalue weighted by Gasteiger charge is -2.20. The highest BCUT2D eigenvalue weighted by molar-refractivity contribution is 5.83. The molecule has 0 aliphatic carbocycles. The Kier molecular flexibility index (Phi) is 7.93. The van der Waals surface area contributed by atoms with Crippen LogP contribution in [-0.4, -0.2) is 55.1 Å². The lowest BCUT2D eigenvalue weighted by Crippen LogP contribution is -2.36. The lowest BCUT2D eigenvalue weighted by molar-refractivity contribution is -0.131. The maximum atomic E-state index is 11.7. The normalized spacial score (nSPS) is 13.7. The van der Waals surface area contributed by atoms with E-state index in [1.807, 2.05) is 0 Å². The molecular weight excluding hydrogens is 248 g/mol. The number of ether oxygens (including phenoxy) is 1. The van der Waals surface area contributed by atoms with Crippen molar-refractivity contribution in [1.82, 2.24) is 4.90 Å². The summed E-state index contributed by atoms with van der Waals surface area (Å²) in [5.41, 5.74) is 5.37. The molecule has 0 aliphatic heterocycles. The Balaban J connectivity index is 3.89. The van der Waals surface area contributed by atoms with E-state index in [9.17, 15) is 13.6 Å². The minimum absolute atomic E-state index is 0.0200. The molecule has 0 heterocycles. The van der Waals surface area contributed by atoms with Crippen LogP contribution in [0.2, 0.25) is 0 Å². The molecule has 8 heteroatoms. The first-order valence-electron chi connectivity index (χ1n) is 5.45. The van der Waals surface area contributed by atoms with Crippen molar-refractivity contribution < 1.29 is 23.5 Å². The molecule has 0 bridgehead atoms. The summed E-state index contributed by atoms with van der Waals surface area (Å²) in [7, 11) is 1.55. The van der Waals surface area contributed by atoms with E-state index in [1.54, 1.807) is 14.0 Å². The van der Waals surface area contributed by atoms with Crippen LogP contribution in [0.1, 0.15) is 13.3 Å². The quantitative estimate of drug-likeness (QED) is 0.220. The molecule has 0 aromatic carbocycles. The van der Waals surface area contributed by atoms with E-state index < -0.39 is 13.0 Å². The van der Waals surface area contributed by atoms with Crippen molar-refractivity contribution in [3.8, 4) is 0 Å². The van der Waals surface area contributed by atoms with E-state index in [0.29, 0.717) is 0 Å². The van der Waals surface area contributed by atoms with Crippen LogP contribution in [0.5, 0.6) is 0 Å². The molecule has 3 N–H and O–H groups in total. The Morgan fingerprint density at radius 1 is 1.56 bits per heavy atom. The van der Waals surface area contributed by atoms with Gasteiger partial charge in [-0.1, -0.05) is 12.1 Å². The Morgan fingerprint density at radius 2 is 2.17 bits per heavy atom. The first-order valence-corrected chi connectivity index (χ1v) is 5.45. The number of nitrogens with two attached hydrogens (primary N) is 1. The topological polar surface area (TPSA) is 88.2 Å². The van der Waals surface area contributed by atoms with Crippen molar-refractivity contribution in [2.45, 2.75) is 19.8 Å². The van der Waals surface area contributed by atoms with Crippen molar-refractivity contribution >= 4 is 11.7 Å². The van der Waals surface area contributed by atoms with E-state index in [1.165, 1.54) is 4.90 Å². The minimum Gasteiger partial charge on any atom is -0.409 e. The molecular formula is C10H19F2N3O3. The molecule has 0 radical (unpaired) electrons. The van der Waals surface area contributed by atoms with Gasteiger partial charge < -0.3 is 20.6 Å². The summed E-state index contributed by atoms with van der Waals surface area (Å²) in [6.07, 6.45) is -2.51. The monoisotopic (exact) mass is 267 g/mol. The number of halogens is 2. The van der Waals surface area contributed by atoms with Crippen molar-refractivity contribution in [2.24, 2.45) is 16.8 Å². The molecule has 1 atom stereocenters. The highest BCUT2D eigenvalue weighted by atomic mass is 19.3. The van der Waals surface area contributed by atoms with Crippen LogP contribution < -0.4 is 5.73 Å². The largest absolute Gasteiger partial charge is 0.409 e. The van der Waals surface area contributed by atoms with Crippen molar-refractivity contribution in [2.75, 3.05) is 26.8 Å². The zero-order valence-corrected chi connectivity index (χ0v) is 10.5. The third kappa shape index (κ3) is 7.00. The molecule has 0 aliphatic rings. The van der Waals surface area contributed by atoms with Crippen LogP contribution in [0.25, 0.3) is 0 Å². The van der Waals surface area contributed by atoms with Crippen LogP contribution in [0.15, 0.2) is 5.16 Å². The summed E-state index contributed by atoms with van der Waals surface area (Å²) in [5, 5.41) is 11.3. The summed E-state index contributed by atoms with van der Waals surface area (Å²) in [5.74, 6) is -0.503. The molecule has 0 aromatic heterocycles. The van der Waals surface area contributed by atoms with Crippen LogP contribution >= 0.6 is 0 Å². The van der Waals surface area contributed by atoms with Gasteiger partial charge in [0.15, 0.2) is 0 Å². The molecule has 0 saturated heterocycles. The molecule has 1 amide bonds. The smallest absolute Gasteiger partial charge is 0.261 e. The number of carbonyl (C=O) groups excluding carboxylic acids is 1. The molecule has 106 valence electrons. The number of amidine groups is 1. The second-order valence-corrected chi connectivity index (χ2v) is 3.92. The Labute approximate surface area is 104 Å². The second kappa shape index (κ2) is 8.62. The van der Waals surface area contributed by atoms with Gasteiger partial charge in [0.05, 0.1) is 13.0 Å². The fourth-order valence-corrected chi connectivity index (χ4v) is 1.23. The Bertz CT molecular complexity index is 288. The van der Waals surface area contributed by atoms with Gasteiger partial charge in [-0.2, -0.15) is 0 Å². The molecule has 0 aromatic rings. The third-order valence-electron chi connectivity index (χ3n) is 2.30. The maximum Gasteiger partial charge on any atom is 0.261 e. The predicted molar refractivity (Wildman–Crippen MR) is 61.6 cm³/mol. The van der Waals surface area contributed by atoms with E-state index in [4.69, 9.17) is 10.9 Å². The van der Waals surface area contributed by atoms with Gasteiger partial charge >= 0.3 is 0 Å². The van der Waals surface area contributed by atoms with E-state index in [2.05, 4.69) is 9.89 Å². The van der Waals surface area contributed by atoms with E-state index in [0.717, 1.165) is 0 Å². The molecule has 0 saturated carbocycles. The fraction of sp³-hybridized carbons (Fsp3) is 0.800. The molecule has 6 nitrogen and oxygen atoms in total. The summed E-state index contributed by atoms with van der Waals surface area (Å²) in [6.45, 7) is 1.26. The van der Waals surface area contributed by atoms with Crippen molar-refractivity contribution in [3.63, 3.8) is 0 Å². The standard InChI is InChI=1S/C10H19F2N3O3/c1-7(10(13)14-17)5-15(2)9(16)3-4-18-6-8(11)12/h7-8,17H,3-6H2,1-2H3,(H2,13,14). The van der Waals surface area contributed by atoms with Crippen LogP contribution in [0.4, 0.5) is 8.78 Å². The zero-order chi connectivity index (χ0) is 14.1. The summed E-state index contributed by atoms with van der Waals surface area (Å²) in [4.78, 5) is 12.9. The van der Waals surface area contributed by atoms with Crippen LogP contribution in [0, 0.1) is 5.92 Å². The molecule has 18 heavy (non-hydrogen) atoms. The van der Waals surface area contributed by atoms with E-state index in [-0.39, 0.29) is 37.2 Å². The second-order valence-electron chi connectivity index (χ2n) is 3.92. The average Bonchev–Trinajstić information content (AvgIpc) is 2.32. The van der Waals surface area contributed by atoms with Crippen LogP contribution in [0.3, 0.4) is 0 Å². The molecule has 0 fully saturated rings. The van der Waals surface area contributed by atoms with Gasteiger partial charge in [0.2, 0.25) is 5.91 Å². The maximum absolute atomic E-state index is 11.7. The number of oxime groups is 1. The number of hydrogen-bond donors (Lipinski definition) is 2. The number of carbonyl (C=O) groups is 1. The molecule has 0 spiro atoms. The third-order valence-corrected chi connectivity index (χ3v) is 2.30. The van der Waals surface area contributed by atoms with Gasteiger partial charge in [-0.05, 0) is 0 Å². The number of rotatable bonds is 8. The predicted octanol–water partition coefficient (Wildman–Crippen LogP) is 0.499. The molecule has 1 unspecified atom stereocenters. The van der Waals surface area contributed by atoms with Gasteiger partial charge in [0, 0.05) is 19.5 Å². The highest BCUT2D eigenvalue weighted by Gasteiger charge is 2.15. The zero-order valence-electron chi connectivity index (χ0n) is 10.5. The summed E-state index contributed by atoms with van der Waals surface area (Å²) in [6, 6.07) is 0. The number of nitrogens with zero attached hydrogens (tertiary/aromatic N) is 2. The number of amides is 1. The fourth-order valence-electron chi connectivity index (χ4n) is 1.23. The number of hydrogen-bond acceptors (Lipinski definition) is 4. The molecule has 0 rings (SSSR count). The van der Waals surface area contributed by atoms with Gasteiger partial charge in [-0.15, -0.1) is 0 Å². The Hall–Kier alpha value is -1.44.